The van der Waals surface area contributed by atoms with E-state index in [-0.39, 0.29) is 0 Å². The molecule has 17 heavy (non-hydrogen) atoms. The van der Waals surface area contributed by atoms with Crippen molar-refractivity contribution in [3.8, 4) is 5.75 Å². The van der Waals surface area contributed by atoms with E-state index in [1.165, 1.54) is 11.1 Å². The molecule has 0 amide bonds. The summed E-state index contributed by atoms with van der Waals surface area (Å²) < 4.78 is 10.2. The molecule has 92 valence electrons. The van der Waals surface area contributed by atoms with Gasteiger partial charge in [-0.15, -0.1) is 0 Å². The van der Waals surface area contributed by atoms with Gasteiger partial charge in [0.05, 0.1) is 20.0 Å². The van der Waals surface area contributed by atoms with Crippen LogP contribution in [0.3, 0.4) is 0 Å². The Bertz CT molecular complexity index is 399. The molecule has 2 nitrogen and oxygen atoms in total. The fourth-order valence-corrected chi connectivity index (χ4v) is 1.45. The van der Waals surface area contributed by atoms with Crippen LogP contribution in [0.2, 0.25) is 0 Å². The summed E-state index contributed by atoms with van der Waals surface area (Å²) in [5.41, 5.74) is 2.58. The average Bonchev–Trinajstić information content (AvgIpc) is 2.36. The molecule has 0 N–H and O–H groups in total. The second kappa shape index (κ2) is 6.79. The molecule has 0 aliphatic rings. The van der Waals surface area contributed by atoms with E-state index in [1.807, 2.05) is 25.1 Å². The Kier molecular flexibility index (Phi) is 5.34. The minimum absolute atomic E-state index is 0.894. The standard InChI is InChI=1S/C15H20O2/c1-12(5-6-13(2)16-3)11-14-7-9-15(17-4)10-8-14/h5-10H,11H2,1-4H3/b12-5+,13-6+. The topological polar surface area (TPSA) is 18.5 Å². The van der Waals surface area contributed by atoms with Crippen molar-refractivity contribution >= 4 is 0 Å². The maximum atomic E-state index is 5.13. The van der Waals surface area contributed by atoms with Crippen LogP contribution in [-0.4, -0.2) is 14.2 Å². The number of rotatable bonds is 5. The van der Waals surface area contributed by atoms with E-state index in [2.05, 4.69) is 25.1 Å². The number of methoxy groups -OCH3 is 2. The van der Waals surface area contributed by atoms with Gasteiger partial charge >= 0.3 is 0 Å². The van der Waals surface area contributed by atoms with E-state index < -0.39 is 0 Å². The van der Waals surface area contributed by atoms with Crippen molar-refractivity contribution < 1.29 is 9.47 Å². The third-order valence-electron chi connectivity index (χ3n) is 2.57. The van der Waals surface area contributed by atoms with Gasteiger partial charge in [0.2, 0.25) is 0 Å². The highest BCUT2D eigenvalue weighted by Gasteiger charge is 1.95. The highest BCUT2D eigenvalue weighted by molar-refractivity contribution is 5.30. The first kappa shape index (κ1) is 13.4. The Hall–Kier alpha value is -1.70. The van der Waals surface area contributed by atoms with Crippen LogP contribution in [0.5, 0.6) is 5.75 Å². The Morgan fingerprint density at radius 1 is 1.06 bits per heavy atom. The van der Waals surface area contributed by atoms with E-state index in [1.54, 1.807) is 14.2 Å². The largest absolute Gasteiger partial charge is 0.501 e. The highest BCUT2D eigenvalue weighted by atomic mass is 16.5. The SMILES string of the molecule is CO/C(C)=C/C=C(\C)Cc1ccc(OC)cc1. The lowest BCUT2D eigenvalue weighted by molar-refractivity contribution is 0.293. The van der Waals surface area contributed by atoms with Crippen LogP contribution >= 0.6 is 0 Å². The summed E-state index contributed by atoms with van der Waals surface area (Å²) in [6.45, 7) is 4.06. The molecular formula is C15H20O2. The van der Waals surface area contributed by atoms with E-state index in [0.717, 1.165) is 17.9 Å². The zero-order chi connectivity index (χ0) is 12.7. The summed E-state index contributed by atoms with van der Waals surface area (Å²) in [7, 11) is 3.36. The molecule has 0 bridgehead atoms. The first-order chi connectivity index (χ1) is 8.15. The normalized spacial score (nSPS) is 12.5. The first-order valence-electron chi connectivity index (χ1n) is 5.66. The third-order valence-corrected chi connectivity index (χ3v) is 2.57. The molecule has 0 saturated heterocycles. The molecule has 0 aliphatic carbocycles. The van der Waals surface area contributed by atoms with Gasteiger partial charge < -0.3 is 9.47 Å². The van der Waals surface area contributed by atoms with Crippen molar-refractivity contribution in [1.29, 1.82) is 0 Å². The summed E-state index contributed by atoms with van der Waals surface area (Å²) in [6, 6.07) is 8.14. The summed E-state index contributed by atoms with van der Waals surface area (Å²) in [5, 5.41) is 0. The zero-order valence-corrected chi connectivity index (χ0v) is 11.0. The van der Waals surface area contributed by atoms with Crippen LogP contribution in [0.1, 0.15) is 19.4 Å². The van der Waals surface area contributed by atoms with E-state index >= 15 is 0 Å². The van der Waals surface area contributed by atoms with Crippen LogP contribution in [0.25, 0.3) is 0 Å². The monoisotopic (exact) mass is 232 g/mol. The first-order valence-corrected chi connectivity index (χ1v) is 5.66. The quantitative estimate of drug-likeness (QED) is 0.569. The van der Waals surface area contributed by atoms with Crippen LogP contribution in [0.15, 0.2) is 47.7 Å². The van der Waals surface area contributed by atoms with Gasteiger partial charge in [0, 0.05) is 0 Å². The lowest BCUT2D eigenvalue weighted by Gasteiger charge is -2.03. The van der Waals surface area contributed by atoms with Crippen molar-refractivity contribution in [3.05, 3.63) is 53.3 Å². The number of hydrogen-bond donors (Lipinski definition) is 0. The van der Waals surface area contributed by atoms with Gasteiger partial charge in [0.25, 0.3) is 0 Å². The molecule has 0 heterocycles. The Morgan fingerprint density at radius 2 is 1.71 bits per heavy atom. The number of allylic oxidation sites excluding steroid dienone is 4. The molecule has 0 aromatic heterocycles. The van der Waals surface area contributed by atoms with E-state index in [0.29, 0.717) is 0 Å². The van der Waals surface area contributed by atoms with Crippen LogP contribution in [-0.2, 0) is 11.2 Å². The van der Waals surface area contributed by atoms with Gasteiger partial charge in [-0.2, -0.15) is 0 Å². The van der Waals surface area contributed by atoms with Crippen molar-refractivity contribution in [2.45, 2.75) is 20.3 Å². The molecule has 1 rings (SSSR count). The van der Waals surface area contributed by atoms with Crippen LogP contribution in [0, 0.1) is 0 Å². The smallest absolute Gasteiger partial charge is 0.118 e. The van der Waals surface area contributed by atoms with Gasteiger partial charge in [-0.25, -0.2) is 0 Å². The number of hydrogen-bond acceptors (Lipinski definition) is 2. The fraction of sp³-hybridized carbons (Fsp3) is 0.333. The number of ether oxygens (including phenoxy) is 2. The highest BCUT2D eigenvalue weighted by Crippen LogP contribution is 2.14. The maximum absolute atomic E-state index is 5.13. The van der Waals surface area contributed by atoms with Crippen molar-refractivity contribution in [1.82, 2.24) is 0 Å². The third kappa shape index (κ3) is 4.77. The predicted molar refractivity (Wildman–Crippen MR) is 71.2 cm³/mol. The van der Waals surface area contributed by atoms with Gasteiger partial charge in [0.15, 0.2) is 0 Å². The predicted octanol–water partition coefficient (Wildman–Crippen LogP) is 3.73. The van der Waals surface area contributed by atoms with Gasteiger partial charge in [-0.3, -0.25) is 0 Å². The molecule has 2 heteroatoms. The molecule has 1 aromatic carbocycles. The molecule has 0 fully saturated rings. The minimum atomic E-state index is 0.894. The molecule has 0 aliphatic heterocycles. The fourth-order valence-electron chi connectivity index (χ4n) is 1.45. The molecule has 0 atom stereocenters. The summed E-state index contributed by atoms with van der Waals surface area (Å²) in [6.07, 6.45) is 5.01. The Morgan fingerprint density at radius 3 is 2.24 bits per heavy atom. The Balaban J connectivity index is 2.64. The maximum Gasteiger partial charge on any atom is 0.118 e. The van der Waals surface area contributed by atoms with E-state index in [9.17, 15) is 0 Å². The summed E-state index contributed by atoms with van der Waals surface area (Å²) in [5.74, 6) is 1.81. The minimum Gasteiger partial charge on any atom is -0.501 e. The van der Waals surface area contributed by atoms with E-state index in [4.69, 9.17) is 9.47 Å². The van der Waals surface area contributed by atoms with Crippen molar-refractivity contribution in [2.75, 3.05) is 14.2 Å². The molecule has 0 spiro atoms. The van der Waals surface area contributed by atoms with Gasteiger partial charge in [-0.1, -0.05) is 23.8 Å². The molecule has 1 aromatic rings. The molecule has 0 unspecified atom stereocenters. The number of benzene rings is 1. The molecule has 0 radical (unpaired) electrons. The van der Waals surface area contributed by atoms with Crippen molar-refractivity contribution in [2.24, 2.45) is 0 Å². The second-order valence-corrected chi connectivity index (χ2v) is 4.02. The van der Waals surface area contributed by atoms with Crippen molar-refractivity contribution in [3.63, 3.8) is 0 Å². The van der Waals surface area contributed by atoms with Gasteiger partial charge in [0.1, 0.15) is 5.75 Å². The lowest BCUT2D eigenvalue weighted by Crippen LogP contribution is -1.88. The zero-order valence-electron chi connectivity index (χ0n) is 11.0. The Labute approximate surface area is 104 Å². The second-order valence-electron chi connectivity index (χ2n) is 4.02. The molecular weight excluding hydrogens is 212 g/mol. The van der Waals surface area contributed by atoms with Crippen LogP contribution < -0.4 is 4.74 Å². The summed E-state index contributed by atoms with van der Waals surface area (Å²) in [4.78, 5) is 0. The molecule has 0 saturated carbocycles. The van der Waals surface area contributed by atoms with Crippen LogP contribution in [0.4, 0.5) is 0 Å². The average molecular weight is 232 g/mol. The van der Waals surface area contributed by atoms with Gasteiger partial charge in [-0.05, 0) is 44.0 Å². The summed E-state index contributed by atoms with van der Waals surface area (Å²) >= 11 is 0. The lowest BCUT2D eigenvalue weighted by atomic mass is 10.1.